The molecule has 1 unspecified atom stereocenters. The van der Waals surface area contributed by atoms with Gasteiger partial charge in [-0.05, 0) is 30.7 Å². The summed E-state index contributed by atoms with van der Waals surface area (Å²) in [5, 5.41) is 9.45. The lowest BCUT2D eigenvalue weighted by atomic mass is 9.90. The summed E-state index contributed by atoms with van der Waals surface area (Å²) < 4.78 is 0. The molecule has 0 aromatic heterocycles. The van der Waals surface area contributed by atoms with E-state index in [1.807, 2.05) is 54.3 Å². The highest BCUT2D eigenvalue weighted by Gasteiger charge is 2.25. The Hall–Kier alpha value is -2.82. The number of rotatable bonds is 6. The van der Waals surface area contributed by atoms with Gasteiger partial charge >= 0.3 is 0 Å². The molecule has 4 rings (SSSR count). The number of anilines is 2. The van der Waals surface area contributed by atoms with Gasteiger partial charge in [0.1, 0.15) is 6.54 Å². The van der Waals surface area contributed by atoms with Gasteiger partial charge in [-0.15, -0.1) is 24.0 Å². The van der Waals surface area contributed by atoms with Gasteiger partial charge in [-0.2, -0.15) is 0 Å². The molecule has 2 aromatic rings. The Kier molecular flexibility index (Phi) is 9.55. The number of hydrogen-bond donors (Lipinski definition) is 3. The van der Waals surface area contributed by atoms with Crippen LogP contribution in [-0.2, 0) is 9.59 Å². The number of para-hydroxylation sites is 2. The van der Waals surface area contributed by atoms with E-state index in [-0.39, 0.29) is 48.3 Å². The third kappa shape index (κ3) is 6.62. The second-order valence-electron chi connectivity index (χ2n) is 8.32. The molecule has 0 spiro atoms. The molecule has 0 bridgehead atoms. The van der Waals surface area contributed by atoms with Crippen molar-refractivity contribution in [2.24, 2.45) is 4.99 Å². The second-order valence-corrected chi connectivity index (χ2v) is 8.32. The van der Waals surface area contributed by atoms with Crippen LogP contribution in [0.3, 0.4) is 0 Å². The SMILES string of the molecule is CCNC(=NCC(=O)N1CCN(c2ccccc2)CC1)NCC1CC(=O)Nc2ccccc21.I. The van der Waals surface area contributed by atoms with Crippen molar-refractivity contribution in [1.29, 1.82) is 0 Å². The van der Waals surface area contributed by atoms with E-state index in [4.69, 9.17) is 0 Å². The Bertz CT molecular complexity index is 992. The molecular weight excluding hydrogens is 543 g/mol. The molecule has 8 nitrogen and oxygen atoms in total. The van der Waals surface area contributed by atoms with Crippen LogP contribution in [0.15, 0.2) is 59.6 Å². The molecule has 0 saturated carbocycles. The molecule has 1 atom stereocenters. The lowest BCUT2D eigenvalue weighted by Gasteiger charge is -2.36. The molecule has 34 heavy (non-hydrogen) atoms. The Morgan fingerprint density at radius 2 is 1.74 bits per heavy atom. The van der Waals surface area contributed by atoms with Gasteiger partial charge in [-0.25, -0.2) is 4.99 Å². The number of amides is 2. The molecule has 3 N–H and O–H groups in total. The number of halogens is 1. The van der Waals surface area contributed by atoms with E-state index in [0.29, 0.717) is 38.6 Å². The first-order chi connectivity index (χ1) is 16.1. The van der Waals surface area contributed by atoms with Crippen molar-refractivity contribution in [1.82, 2.24) is 15.5 Å². The lowest BCUT2D eigenvalue weighted by Crippen LogP contribution is -2.49. The first kappa shape index (κ1) is 25.8. The fourth-order valence-electron chi connectivity index (χ4n) is 4.35. The molecule has 1 fully saturated rings. The minimum Gasteiger partial charge on any atom is -0.368 e. The van der Waals surface area contributed by atoms with E-state index >= 15 is 0 Å². The Labute approximate surface area is 218 Å². The number of carbonyl (C=O) groups is 2. The van der Waals surface area contributed by atoms with Gasteiger partial charge < -0.3 is 25.8 Å². The number of carbonyl (C=O) groups excluding carboxylic acids is 2. The van der Waals surface area contributed by atoms with Crippen LogP contribution < -0.4 is 20.9 Å². The average Bonchev–Trinajstić information content (AvgIpc) is 2.86. The normalized spacial score (nSPS) is 17.9. The van der Waals surface area contributed by atoms with Crippen LogP contribution in [0.4, 0.5) is 11.4 Å². The highest BCUT2D eigenvalue weighted by atomic mass is 127. The summed E-state index contributed by atoms with van der Waals surface area (Å²) in [4.78, 5) is 33.5. The number of fused-ring (bicyclic) bond motifs is 1. The number of nitrogens with one attached hydrogen (secondary N) is 3. The minimum absolute atomic E-state index is 0. The monoisotopic (exact) mass is 576 g/mol. The number of piperazine rings is 1. The fraction of sp³-hybridized carbons (Fsp3) is 0.400. The van der Waals surface area contributed by atoms with Gasteiger partial charge in [0.25, 0.3) is 0 Å². The maximum Gasteiger partial charge on any atom is 0.244 e. The summed E-state index contributed by atoms with van der Waals surface area (Å²) >= 11 is 0. The second kappa shape index (κ2) is 12.6. The zero-order valence-corrected chi connectivity index (χ0v) is 21.8. The van der Waals surface area contributed by atoms with Gasteiger partial charge in [0.2, 0.25) is 11.8 Å². The van der Waals surface area contributed by atoms with Crippen LogP contribution in [-0.4, -0.2) is 68.5 Å². The molecule has 0 radical (unpaired) electrons. The average molecular weight is 576 g/mol. The lowest BCUT2D eigenvalue weighted by molar-refractivity contribution is -0.129. The van der Waals surface area contributed by atoms with Gasteiger partial charge in [0.15, 0.2) is 5.96 Å². The van der Waals surface area contributed by atoms with Crippen LogP contribution in [0.5, 0.6) is 0 Å². The molecule has 2 aliphatic heterocycles. The zero-order chi connectivity index (χ0) is 23.0. The first-order valence-corrected chi connectivity index (χ1v) is 11.6. The highest BCUT2D eigenvalue weighted by Crippen LogP contribution is 2.31. The summed E-state index contributed by atoms with van der Waals surface area (Å²) in [6.45, 7) is 6.38. The van der Waals surface area contributed by atoms with Crippen molar-refractivity contribution in [2.75, 3.05) is 56.0 Å². The summed E-state index contributed by atoms with van der Waals surface area (Å²) in [7, 11) is 0. The number of aliphatic imine (C=N–C) groups is 1. The maximum absolute atomic E-state index is 12.8. The van der Waals surface area contributed by atoms with Gasteiger partial charge in [0.05, 0.1) is 0 Å². The van der Waals surface area contributed by atoms with E-state index in [1.54, 1.807) is 0 Å². The van der Waals surface area contributed by atoms with E-state index in [0.717, 1.165) is 24.3 Å². The Morgan fingerprint density at radius 1 is 1.03 bits per heavy atom. The third-order valence-electron chi connectivity index (χ3n) is 6.09. The van der Waals surface area contributed by atoms with Crippen molar-refractivity contribution < 1.29 is 9.59 Å². The van der Waals surface area contributed by atoms with Crippen LogP contribution in [0.1, 0.15) is 24.8 Å². The third-order valence-corrected chi connectivity index (χ3v) is 6.09. The zero-order valence-electron chi connectivity index (χ0n) is 19.5. The maximum atomic E-state index is 12.8. The molecule has 1 saturated heterocycles. The molecule has 2 aromatic carbocycles. The predicted molar refractivity (Wildman–Crippen MR) is 147 cm³/mol. The van der Waals surface area contributed by atoms with Crippen LogP contribution >= 0.6 is 24.0 Å². The molecule has 2 heterocycles. The highest BCUT2D eigenvalue weighted by molar-refractivity contribution is 14.0. The number of nitrogens with zero attached hydrogens (tertiary/aromatic N) is 3. The van der Waals surface area contributed by atoms with Gasteiger partial charge in [-0.1, -0.05) is 36.4 Å². The van der Waals surface area contributed by atoms with E-state index in [9.17, 15) is 9.59 Å². The van der Waals surface area contributed by atoms with Crippen molar-refractivity contribution in [2.45, 2.75) is 19.3 Å². The van der Waals surface area contributed by atoms with Crippen molar-refractivity contribution in [3.8, 4) is 0 Å². The quantitative estimate of drug-likeness (QED) is 0.280. The smallest absolute Gasteiger partial charge is 0.244 e. The Balaban J connectivity index is 0.00000324. The minimum atomic E-state index is 0. The van der Waals surface area contributed by atoms with Crippen molar-refractivity contribution >= 4 is 53.1 Å². The van der Waals surface area contributed by atoms with Gasteiger partial charge in [-0.3, -0.25) is 9.59 Å². The largest absolute Gasteiger partial charge is 0.368 e. The molecule has 9 heteroatoms. The summed E-state index contributed by atoms with van der Waals surface area (Å²) in [5.74, 6) is 0.701. The molecule has 0 aliphatic carbocycles. The first-order valence-electron chi connectivity index (χ1n) is 11.6. The van der Waals surface area contributed by atoms with Crippen molar-refractivity contribution in [3.63, 3.8) is 0 Å². The van der Waals surface area contributed by atoms with E-state index in [1.165, 1.54) is 5.69 Å². The van der Waals surface area contributed by atoms with E-state index < -0.39 is 0 Å². The van der Waals surface area contributed by atoms with Crippen LogP contribution in [0.25, 0.3) is 0 Å². The topological polar surface area (TPSA) is 89.1 Å². The number of guanidine groups is 1. The summed E-state index contributed by atoms with van der Waals surface area (Å²) in [6, 6.07) is 18.2. The standard InChI is InChI=1S/C25H32N6O2.HI/c1-2-26-25(27-17-19-16-23(32)29-22-11-7-6-10-21(19)22)28-18-24(33)31-14-12-30(13-15-31)20-8-4-3-5-9-20;/h3-11,19H,2,12-18H2,1H3,(H,29,32)(H2,26,27,28);1H. The fourth-order valence-corrected chi connectivity index (χ4v) is 4.35. The predicted octanol–water partition coefficient (Wildman–Crippen LogP) is 2.63. The number of benzene rings is 2. The molecule has 2 aliphatic rings. The van der Waals surface area contributed by atoms with E-state index in [2.05, 4.69) is 38.0 Å². The summed E-state index contributed by atoms with van der Waals surface area (Å²) in [6.07, 6.45) is 0.425. The summed E-state index contributed by atoms with van der Waals surface area (Å²) in [5.41, 5.74) is 3.18. The number of hydrogen-bond acceptors (Lipinski definition) is 4. The van der Waals surface area contributed by atoms with Crippen LogP contribution in [0.2, 0.25) is 0 Å². The van der Waals surface area contributed by atoms with Gasteiger partial charge in [0, 0.05) is 63.0 Å². The van der Waals surface area contributed by atoms with Crippen molar-refractivity contribution in [3.05, 3.63) is 60.2 Å². The van der Waals surface area contributed by atoms with Crippen LogP contribution in [0, 0.1) is 0 Å². The Morgan fingerprint density at radius 3 is 2.47 bits per heavy atom. The molecular formula is C25H33IN6O2. The molecule has 182 valence electrons. The molecule has 2 amide bonds.